The van der Waals surface area contributed by atoms with E-state index in [1.807, 2.05) is 0 Å². The van der Waals surface area contributed by atoms with Crippen LogP contribution in [0.3, 0.4) is 0 Å². The first kappa shape index (κ1) is 66.9. The number of aryl methyl sites for hydroxylation is 12. The Morgan fingerprint density at radius 2 is 0.337 bits per heavy atom. The van der Waals surface area contributed by atoms with Crippen LogP contribution in [0.1, 0.15) is 91.7 Å². The molecule has 0 saturated carbocycles. The fourth-order valence-corrected chi connectivity index (χ4v) is 15.4. The lowest BCUT2D eigenvalue weighted by molar-refractivity contribution is 0.641. The fraction of sp³-hybridized carbons (Fsp3) is 0.152. The lowest BCUT2D eigenvalue weighted by Gasteiger charge is -2.30. The molecule has 0 fully saturated rings. The van der Waals surface area contributed by atoms with Crippen molar-refractivity contribution in [1.29, 1.82) is 0 Å². The van der Waals surface area contributed by atoms with Gasteiger partial charge in [-0.25, -0.2) is 0 Å². The summed E-state index contributed by atoms with van der Waals surface area (Å²) in [6, 6.07) is 110. The molecule has 0 amide bonds. The van der Waals surface area contributed by atoms with Crippen LogP contribution in [0.5, 0.6) is 0 Å². The minimum absolute atomic E-state index is 0.342. The normalized spacial score (nSPS) is 11.5. The first-order valence-corrected chi connectivity index (χ1v) is 35.7. The summed E-state index contributed by atoms with van der Waals surface area (Å²) in [7, 11) is 0. The molecular weight excluding hydrogens is 1220 g/mol. The van der Waals surface area contributed by atoms with E-state index in [2.05, 4.69) is 398 Å². The molecule has 0 radical (unpaired) electrons. The van der Waals surface area contributed by atoms with E-state index in [0.29, 0.717) is 0 Å². The van der Waals surface area contributed by atoms with Crippen molar-refractivity contribution < 1.29 is 0 Å². The van der Waals surface area contributed by atoms with Gasteiger partial charge in [0, 0.05) is 39.5 Å². The molecular formula is C99H90N2. The van der Waals surface area contributed by atoms with E-state index in [-0.39, 0.29) is 5.41 Å². The van der Waals surface area contributed by atoms with E-state index in [0.717, 1.165) is 34.1 Å². The highest BCUT2D eigenvalue weighted by atomic mass is 15.1. The zero-order valence-corrected chi connectivity index (χ0v) is 61.1. The van der Waals surface area contributed by atoms with Gasteiger partial charge in [0.05, 0.1) is 0 Å². The Hall–Kier alpha value is -11.3. The zero-order chi connectivity index (χ0) is 70.4. The smallest absolute Gasteiger partial charge is 0.0462 e. The third-order valence-electron chi connectivity index (χ3n) is 20.3. The van der Waals surface area contributed by atoms with Gasteiger partial charge in [-0.05, 0) is 256 Å². The van der Waals surface area contributed by atoms with Crippen LogP contribution >= 0.6 is 0 Å². The second-order valence-corrected chi connectivity index (χ2v) is 29.3. The number of rotatable bonds is 16. The molecule has 14 rings (SSSR count). The number of nitrogens with zero attached hydrogens (tertiary/aromatic N) is 2. The molecule has 0 aliphatic carbocycles. The maximum Gasteiger partial charge on any atom is 0.0462 e. The van der Waals surface area contributed by atoms with Gasteiger partial charge in [0.15, 0.2) is 0 Å². The van der Waals surface area contributed by atoms with Crippen molar-refractivity contribution in [2.75, 3.05) is 9.80 Å². The Bertz CT molecular complexity index is 4980. The Labute approximate surface area is 600 Å². The Morgan fingerprint density at radius 3 is 0.564 bits per heavy atom. The second kappa shape index (κ2) is 27.8. The molecule has 0 aromatic heterocycles. The van der Waals surface area contributed by atoms with Crippen LogP contribution in [0.2, 0.25) is 0 Å². The van der Waals surface area contributed by atoms with Gasteiger partial charge in [-0.2, -0.15) is 0 Å². The van der Waals surface area contributed by atoms with Crippen molar-refractivity contribution in [2.45, 2.75) is 102 Å². The van der Waals surface area contributed by atoms with Gasteiger partial charge in [0.2, 0.25) is 0 Å². The molecule has 0 N–H and O–H groups in total. The predicted octanol–water partition coefficient (Wildman–Crippen LogP) is 28.0. The van der Waals surface area contributed by atoms with Gasteiger partial charge in [0.25, 0.3) is 0 Å². The maximum atomic E-state index is 2.41. The molecule has 14 aromatic carbocycles. The van der Waals surface area contributed by atoms with E-state index < -0.39 is 0 Å². The van der Waals surface area contributed by atoms with Crippen LogP contribution in [0.4, 0.5) is 34.1 Å². The van der Waals surface area contributed by atoms with E-state index in [4.69, 9.17) is 0 Å². The van der Waals surface area contributed by atoms with Crippen LogP contribution in [0.25, 0.3) is 89.0 Å². The van der Waals surface area contributed by atoms with Crippen molar-refractivity contribution in [2.24, 2.45) is 0 Å². The SMILES string of the molecule is Cc1cc(C)cc(-c2ccc(C)cc2-c2ccc(N(c3ccc(-c4ccc(C)cc4-c4cc(C)cc(C)c4)cc3)c3ccc(C(C)(C)c4ccc(N(c5ccc(-c6ccc(C)cc6-c6cc(C)cc(C)c6)cc5)c5ccc(-c6cc(C)ccc6-c6cc(C)cc(C)c6)cc5)cc4)cc3)cc2)c1. The van der Waals surface area contributed by atoms with Crippen LogP contribution < -0.4 is 9.80 Å². The lowest BCUT2D eigenvalue weighted by atomic mass is 9.78. The summed E-state index contributed by atoms with van der Waals surface area (Å²) < 4.78 is 0. The average Bonchev–Trinajstić information content (AvgIpc) is 0.790. The monoisotopic (exact) mass is 1310 g/mol. The van der Waals surface area contributed by atoms with Gasteiger partial charge >= 0.3 is 0 Å². The number of anilines is 6. The van der Waals surface area contributed by atoms with Crippen molar-refractivity contribution >= 4 is 34.1 Å². The third-order valence-corrected chi connectivity index (χ3v) is 20.3. The number of benzene rings is 14. The Kier molecular flexibility index (Phi) is 18.4. The second-order valence-electron chi connectivity index (χ2n) is 29.3. The van der Waals surface area contributed by atoms with E-state index in [1.165, 1.54) is 167 Å². The molecule has 496 valence electrons. The van der Waals surface area contributed by atoms with E-state index in [1.54, 1.807) is 0 Å². The summed E-state index contributed by atoms with van der Waals surface area (Å²) in [5.41, 5.74) is 43.3. The van der Waals surface area contributed by atoms with Gasteiger partial charge in [0.1, 0.15) is 0 Å². The van der Waals surface area contributed by atoms with E-state index in [9.17, 15) is 0 Å². The molecule has 0 atom stereocenters. The zero-order valence-electron chi connectivity index (χ0n) is 61.1. The highest BCUT2D eigenvalue weighted by Gasteiger charge is 2.26. The molecule has 14 aromatic rings. The Balaban J connectivity index is 0.815. The lowest BCUT2D eigenvalue weighted by Crippen LogP contribution is -2.19. The number of hydrogen-bond acceptors (Lipinski definition) is 2. The van der Waals surface area contributed by atoms with Gasteiger partial charge in [-0.1, -0.05) is 299 Å². The highest BCUT2D eigenvalue weighted by molar-refractivity contribution is 5.91. The van der Waals surface area contributed by atoms with Crippen molar-refractivity contribution in [1.82, 2.24) is 0 Å². The van der Waals surface area contributed by atoms with Crippen LogP contribution in [0, 0.1) is 83.1 Å². The molecule has 0 aliphatic heterocycles. The summed E-state index contributed by atoms with van der Waals surface area (Å²) in [5.74, 6) is 0. The molecule has 0 unspecified atom stereocenters. The maximum absolute atomic E-state index is 2.41. The minimum Gasteiger partial charge on any atom is -0.311 e. The predicted molar refractivity (Wildman–Crippen MR) is 435 cm³/mol. The summed E-state index contributed by atoms with van der Waals surface area (Å²) in [6.07, 6.45) is 0. The highest BCUT2D eigenvalue weighted by Crippen LogP contribution is 2.46. The van der Waals surface area contributed by atoms with Crippen molar-refractivity contribution in [3.63, 3.8) is 0 Å². The largest absolute Gasteiger partial charge is 0.311 e. The van der Waals surface area contributed by atoms with Crippen molar-refractivity contribution in [3.05, 3.63) is 369 Å². The standard InChI is InChI=1S/C99H90N2/c1-63-17-45-93(79-51-67(5)47-68(6)52-79)95(59-63)77-23-35-87(36-24-77)100(85-31-19-75(20-32-85)91-43-15-65(3)61-97(91)81-55-71(9)49-72(10)56-81)89-39-27-83(28-40-89)99(13,14)84-29-41-90(42-30-84)101(86-33-21-76(22-34-86)92-44-16-66(4)62-98(92)82-57-73(11)50-74(12)58-82)88-37-25-78(26-38-88)96-60-64(2)18-46-94(96)80-53-69(7)48-70(8)54-80/h15-62H,1-14H3. The first-order chi connectivity index (χ1) is 48.6. The van der Waals surface area contributed by atoms with Crippen molar-refractivity contribution in [3.8, 4) is 89.0 Å². The summed E-state index contributed by atoms with van der Waals surface area (Å²) in [5, 5.41) is 0. The van der Waals surface area contributed by atoms with E-state index >= 15 is 0 Å². The molecule has 2 nitrogen and oxygen atoms in total. The quantitative estimate of drug-likeness (QED) is 0.0951. The summed E-state index contributed by atoms with van der Waals surface area (Å²) in [6.45, 7) is 31.0. The first-order valence-electron chi connectivity index (χ1n) is 35.7. The summed E-state index contributed by atoms with van der Waals surface area (Å²) >= 11 is 0. The van der Waals surface area contributed by atoms with Crippen LogP contribution in [0.15, 0.2) is 291 Å². The molecule has 101 heavy (non-hydrogen) atoms. The summed E-state index contributed by atoms with van der Waals surface area (Å²) in [4.78, 5) is 4.81. The average molecular weight is 1310 g/mol. The van der Waals surface area contributed by atoms with Crippen LogP contribution in [-0.4, -0.2) is 0 Å². The molecule has 0 aliphatic rings. The Morgan fingerprint density at radius 1 is 0.158 bits per heavy atom. The topological polar surface area (TPSA) is 6.48 Å². The molecule has 2 heteroatoms. The third kappa shape index (κ3) is 14.2. The molecule has 0 saturated heterocycles. The molecule has 0 heterocycles. The van der Waals surface area contributed by atoms with Gasteiger partial charge < -0.3 is 9.80 Å². The van der Waals surface area contributed by atoms with Gasteiger partial charge in [-0.3, -0.25) is 0 Å². The molecule has 0 spiro atoms. The van der Waals surface area contributed by atoms with Crippen LogP contribution in [-0.2, 0) is 5.41 Å². The molecule has 0 bridgehead atoms. The number of hydrogen-bond donors (Lipinski definition) is 0. The fourth-order valence-electron chi connectivity index (χ4n) is 15.4. The van der Waals surface area contributed by atoms with Gasteiger partial charge in [-0.15, -0.1) is 0 Å². The minimum atomic E-state index is -0.342.